The molecule has 0 fully saturated rings. The molecule has 0 N–H and O–H groups in total. The number of hydrogen-bond donors (Lipinski definition) is 0. The molecule has 0 aliphatic rings. The van der Waals surface area contributed by atoms with Gasteiger partial charge in [-0.05, 0) is 19.9 Å². The number of aryl methyl sites for hydroxylation is 1. The first-order valence-corrected chi connectivity index (χ1v) is 3.72. The average Bonchev–Trinajstić information content (AvgIpc) is 2.04. The van der Waals surface area contributed by atoms with Gasteiger partial charge in [-0.3, -0.25) is 10.1 Å². The van der Waals surface area contributed by atoms with Crippen molar-refractivity contribution in [3.8, 4) is 6.07 Å². The number of rotatable bonds is 1. The van der Waals surface area contributed by atoms with Gasteiger partial charge in [-0.2, -0.15) is 5.26 Å². The van der Waals surface area contributed by atoms with E-state index in [1.165, 1.54) is 0 Å². The van der Waals surface area contributed by atoms with E-state index in [2.05, 4.69) is 0 Å². The maximum Gasteiger partial charge on any atom is 0.276 e. The molecule has 0 spiro atoms. The van der Waals surface area contributed by atoms with Gasteiger partial charge in [0.15, 0.2) is 0 Å². The molecule has 0 bridgehead atoms. The predicted octanol–water partition coefficient (Wildman–Crippen LogP) is 2.08. The minimum absolute atomic E-state index is 0.0408. The van der Waals surface area contributed by atoms with Gasteiger partial charge in [0.05, 0.1) is 16.6 Å². The minimum Gasteiger partial charge on any atom is -0.258 e. The second-order valence-corrected chi connectivity index (χ2v) is 2.77. The fraction of sp³-hybridized carbons (Fsp3) is 0.222. The van der Waals surface area contributed by atoms with Crippen molar-refractivity contribution in [1.29, 1.82) is 5.26 Å². The van der Waals surface area contributed by atoms with Crippen LogP contribution in [0, 0.1) is 35.3 Å². The van der Waals surface area contributed by atoms with E-state index in [1.54, 1.807) is 26.0 Å². The van der Waals surface area contributed by atoms with Gasteiger partial charge in [0.25, 0.3) is 5.69 Å². The second-order valence-electron chi connectivity index (χ2n) is 2.77. The van der Waals surface area contributed by atoms with Gasteiger partial charge >= 0.3 is 0 Å². The van der Waals surface area contributed by atoms with Gasteiger partial charge in [-0.25, -0.2) is 0 Å². The smallest absolute Gasteiger partial charge is 0.258 e. The topological polar surface area (TPSA) is 66.9 Å². The number of hydrogen-bond acceptors (Lipinski definition) is 3. The third kappa shape index (κ3) is 1.49. The molecule has 1 aromatic carbocycles. The van der Waals surface area contributed by atoms with Gasteiger partial charge in [0.1, 0.15) is 0 Å². The van der Waals surface area contributed by atoms with E-state index in [0.29, 0.717) is 16.7 Å². The van der Waals surface area contributed by atoms with Crippen molar-refractivity contribution in [2.24, 2.45) is 0 Å². The molecule has 0 saturated carbocycles. The first kappa shape index (κ1) is 9.20. The Morgan fingerprint density at radius 1 is 1.46 bits per heavy atom. The third-order valence-corrected chi connectivity index (χ3v) is 1.94. The summed E-state index contributed by atoms with van der Waals surface area (Å²) in [5.74, 6) is 0. The molecule has 0 amide bonds. The summed E-state index contributed by atoms with van der Waals surface area (Å²) in [7, 11) is 0. The maximum atomic E-state index is 10.6. The van der Waals surface area contributed by atoms with Crippen molar-refractivity contribution in [2.45, 2.75) is 13.8 Å². The Kier molecular flexibility index (Phi) is 2.29. The molecule has 0 saturated heterocycles. The SMILES string of the molecule is Cc1ccc(C#N)c(C)c1[N+](=O)[O-]. The zero-order valence-corrected chi connectivity index (χ0v) is 7.37. The summed E-state index contributed by atoms with van der Waals surface area (Å²) in [6.45, 7) is 3.25. The van der Waals surface area contributed by atoms with Crippen LogP contribution in [0.1, 0.15) is 16.7 Å². The van der Waals surface area contributed by atoms with Crippen molar-refractivity contribution in [2.75, 3.05) is 0 Å². The van der Waals surface area contributed by atoms with Crippen LogP contribution in [0.25, 0.3) is 0 Å². The molecule has 1 rings (SSSR count). The van der Waals surface area contributed by atoms with Crippen LogP contribution in [0.5, 0.6) is 0 Å². The highest BCUT2D eigenvalue weighted by molar-refractivity contribution is 5.54. The Bertz CT molecular complexity index is 405. The van der Waals surface area contributed by atoms with Crippen molar-refractivity contribution >= 4 is 5.69 Å². The first-order chi connectivity index (χ1) is 6.07. The van der Waals surface area contributed by atoms with E-state index in [9.17, 15) is 10.1 Å². The normalized spacial score (nSPS) is 9.31. The predicted molar refractivity (Wildman–Crippen MR) is 47.3 cm³/mol. The number of nitrogens with zero attached hydrogens (tertiary/aromatic N) is 2. The highest BCUT2D eigenvalue weighted by atomic mass is 16.6. The van der Waals surface area contributed by atoms with Gasteiger partial charge < -0.3 is 0 Å². The summed E-state index contributed by atoms with van der Waals surface area (Å²) in [4.78, 5) is 10.2. The lowest BCUT2D eigenvalue weighted by molar-refractivity contribution is -0.386. The molecule has 0 aliphatic heterocycles. The van der Waals surface area contributed by atoms with Crippen molar-refractivity contribution in [3.63, 3.8) is 0 Å². The Morgan fingerprint density at radius 3 is 2.54 bits per heavy atom. The van der Waals surface area contributed by atoms with Gasteiger partial charge in [-0.15, -0.1) is 0 Å². The molecule has 13 heavy (non-hydrogen) atoms. The third-order valence-electron chi connectivity index (χ3n) is 1.94. The van der Waals surface area contributed by atoms with E-state index in [4.69, 9.17) is 5.26 Å². The second kappa shape index (κ2) is 3.23. The van der Waals surface area contributed by atoms with Gasteiger partial charge in [-0.1, -0.05) is 6.07 Å². The summed E-state index contributed by atoms with van der Waals surface area (Å²) in [5, 5.41) is 19.2. The van der Waals surface area contributed by atoms with Crippen molar-refractivity contribution in [1.82, 2.24) is 0 Å². The standard InChI is InChI=1S/C9H8N2O2/c1-6-3-4-8(5-10)7(2)9(6)11(12)13/h3-4H,1-2H3. The van der Waals surface area contributed by atoms with Crippen LogP contribution in [-0.2, 0) is 0 Å². The van der Waals surface area contributed by atoms with Gasteiger partial charge in [0, 0.05) is 11.1 Å². The van der Waals surface area contributed by atoms with E-state index < -0.39 is 4.92 Å². The van der Waals surface area contributed by atoms with E-state index in [0.717, 1.165) is 0 Å². The van der Waals surface area contributed by atoms with Crippen LogP contribution < -0.4 is 0 Å². The molecule has 4 heteroatoms. The molecule has 0 heterocycles. The molecular weight excluding hydrogens is 168 g/mol. The van der Waals surface area contributed by atoms with E-state index in [-0.39, 0.29) is 5.69 Å². The van der Waals surface area contributed by atoms with Crippen molar-refractivity contribution < 1.29 is 4.92 Å². The molecule has 0 aliphatic carbocycles. The lowest BCUT2D eigenvalue weighted by atomic mass is 10.0. The summed E-state index contributed by atoms with van der Waals surface area (Å²) in [6, 6.07) is 5.10. The quantitative estimate of drug-likeness (QED) is 0.486. The number of nitro benzene ring substituents is 1. The lowest BCUT2D eigenvalue weighted by Crippen LogP contribution is -1.97. The Hall–Kier alpha value is -1.89. The molecule has 0 atom stereocenters. The maximum absolute atomic E-state index is 10.6. The fourth-order valence-corrected chi connectivity index (χ4v) is 1.24. The Morgan fingerprint density at radius 2 is 2.08 bits per heavy atom. The van der Waals surface area contributed by atoms with Crippen LogP contribution >= 0.6 is 0 Å². The highest BCUT2D eigenvalue weighted by Crippen LogP contribution is 2.24. The van der Waals surface area contributed by atoms with Crippen LogP contribution in [0.2, 0.25) is 0 Å². The first-order valence-electron chi connectivity index (χ1n) is 3.72. The Labute approximate surface area is 75.6 Å². The molecule has 66 valence electrons. The van der Waals surface area contributed by atoms with E-state index >= 15 is 0 Å². The number of nitriles is 1. The van der Waals surface area contributed by atoms with Crippen LogP contribution in [0.15, 0.2) is 12.1 Å². The molecule has 1 aromatic rings. The minimum atomic E-state index is -0.453. The number of benzene rings is 1. The zero-order chi connectivity index (χ0) is 10.0. The summed E-state index contributed by atoms with van der Waals surface area (Å²) >= 11 is 0. The molecule has 0 aromatic heterocycles. The van der Waals surface area contributed by atoms with Gasteiger partial charge in [0.2, 0.25) is 0 Å². The van der Waals surface area contributed by atoms with Crippen LogP contribution in [0.3, 0.4) is 0 Å². The Balaban J connectivity index is 3.50. The van der Waals surface area contributed by atoms with Crippen molar-refractivity contribution in [3.05, 3.63) is 38.9 Å². The molecular formula is C9H8N2O2. The highest BCUT2D eigenvalue weighted by Gasteiger charge is 2.16. The lowest BCUT2D eigenvalue weighted by Gasteiger charge is -2.01. The number of nitro groups is 1. The summed E-state index contributed by atoms with van der Waals surface area (Å²) < 4.78 is 0. The average molecular weight is 176 g/mol. The molecule has 4 nitrogen and oxygen atoms in total. The monoisotopic (exact) mass is 176 g/mol. The molecule has 0 radical (unpaired) electrons. The summed E-state index contributed by atoms with van der Waals surface area (Å²) in [5.41, 5.74) is 1.42. The fourth-order valence-electron chi connectivity index (χ4n) is 1.24. The van der Waals surface area contributed by atoms with Crippen LogP contribution in [0.4, 0.5) is 5.69 Å². The molecule has 0 unspecified atom stereocenters. The summed E-state index contributed by atoms with van der Waals surface area (Å²) in [6.07, 6.45) is 0. The largest absolute Gasteiger partial charge is 0.276 e. The van der Waals surface area contributed by atoms with E-state index in [1.807, 2.05) is 6.07 Å². The zero-order valence-electron chi connectivity index (χ0n) is 7.37. The van der Waals surface area contributed by atoms with Crippen LogP contribution in [-0.4, -0.2) is 4.92 Å².